The summed E-state index contributed by atoms with van der Waals surface area (Å²) in [4.78, 5) is 0. The summed E-state index contributed by atoms with van der Waals surface area (Å²) in [7, 11) is -3.13. The zero-order valence-corrected chi connectivity index (χ0v) is 13.4. The second-order valence-electron chi connectivity index (χ2n) is 5.00. The molecule has 6 heteroatoms. The fourth-order valence-electron chi connectivity index (χ4n) is 1.99. The number of hydrogen-bond acceptors (Lipinski definition) is 4. The highest BCUT2D eigenvalue weighted by Crippen LogP contribution is 2.25. The van der Waals surface area contributed by atoms with Crippen molar-refractivity contribution in [2.75, 3.05) is 16.7 Å². The molecule has 5 nitrogen and oxygen atoms in total. The summed E-state index contributed by atoms with van der Waals surface area (Å²) >= 11 is 0. The van der Waals surface area contributed by atoms with Crippen molar-refractivity contribution < 1.29 is 13.5 Å². The lowest BCUT2D eigenvalue weighted by Gasteiger charge is -2.00. The lowest BCUT2D eigenvalue weighted by Crippen LogP contribution is -2.08. The van der Waals surface area contributed by atoms with E-state index in [0.717, 1.165) is 17.0 Å². The third-order valence-corrected chi connectivity index (χ3v) is 3.57. The topological polar surface area (TPSA) is 92.4 Å². The Balaban J connectivity index is 0.000000168. The molecule has 0 atom stereocenters. The minimum absolute atomic E-state index is 0.278. The summed E-state index contributed by atoms with van der Waals surface area (Å²) in [5.74, 6) is 0.278. The molecule has 0 spiro atoms. The maximum absolute atomic E-state index is 10.7. The van der Waals surface area contributed by atoms with Crippen molar-refractivity contribution in [2.24, 2.45) is 0 Å². The minimum atomic E-state index is -3.13. The number of benzene rings is 3. The van der Waals surface area contributed by atoms with Crippen LogP contribution in [0.3, 0.4) is 0 Å². The first-order valence-electron chi connectivity index (χ1n) is 6.85. The van der Waals surface area contributed by atoms with Gasteiger partial charge in [0.15, 0.2) is 0 Å². The van der Waals surface area contributed by atoms with E-state index in [9.17, 15) is 13.5 Å². The first-order valence-corrected chi connectivity index (χ1v) is 8.74. The number of nitrogens with two attached hydrogens (primary N) is 1. The Morgan fingerprint density at radius 3 is 2.30 bits per heavy atom. The molecular weight excluding hydrogens is 312 g/mol. The normalized spacial score (nSPS) is 10.7. The molecule has 0 amide bonds. The fraction of sp³-hybridized carbons (Fsp3) is 0.0588. The van der Waals surface area contributed by atoms with Gasteiger partial charge in [0, 0.05) is 16.8 Å². The fourth-order valence-corrected chi connectivity index (χ4v) is 2.56. The lowest BCUT2D eigenvalue weighted by atomic mass is 10.1. The molecule has 3 rings (SSSR count). The summed E-state index contributed by atoms with van der Waals surface area (Å²) < 4.78 is 23.7. The predicted molar refractivity (Wildman–Crippen MR) is 94.9 cm³/mol. The molecule has 0 saturated carbocycles. The van der Waals surface area contributed by atoms with Gasteiger partial charge in [-0.15, -0.1) is 0 Å². The molecule has 0 heterocycles. The van der Waals surface area contributed by atoms with Gasteiger partial charge < -0.3 is 10.8 Å². The molecule has 0 aliphatic rings. The van der Waals surface area contributed by atoms with Crippen LogP contribution in [-0.2, 0) is 10.0 Å². The zero-order valence-electron chi connectivity index (χ0n) is 12.6. The summed E-state index contributed by atoms with van der Waals surface area (Å²) in [6.45, 7) is 0. The summed E-state index contributed by atoms with van der Waals surface area (Å²) in [5.41, 5.74) is 6.84. The first kappa shape index (κ1) is 16.6. The van der Waals surface area contributed by atoms with Crippen molar-refractivity contribution in [3.8, 4) is 5.75 Å². The molecule has 3 aromatic carbocycles. The standard InChI is InChI=1S/C10H9NO.C7H9NO2S/c11-8-5-4-7-2-1-3-10(12)9(7)6-8;1-11(9,10)8-7-5-3-2-4-6-7/h1-6,12H,11H2;2-6,8H,1H3. The van der Waals surface area contributed by atoms with Gasteiger partial charge in [0.05, 0.1) is 6.26 Å². The van der Waals surface area contributed by atoms with Crippen LogP contribution in [0.15, 0.2) is 66.7 Å². The van der Waals surface area contributed by atoms with Gasteiger partial charge in [0.2, 0.25) is 10.0 Å². The van der Waals surface area contributed by atoms with Gasteiger partial charge in [-0.25, -0.2) is 8.42 Å². The van der Waals surface area contributed by atoms with Crippen molar-refractivity contribution >= 4 is 32.2 Å². The van der Waals surface area contributed by atoms with Crippen LogP contribution < -0.4 is 10.5 Å². The average molecular weight is 330 g/mol. The Hall–Kier alpha value is -2.73. The number of fused-ring (bicyclic) bond motifs is 1. The third kappa shape index (κ3) is 5.19. The van der Waals surface area contributed by atoms with E-state index >= 15 is 0 Å². The van der Waals surface area contributed by atoms with Gasteiger partial charge >= 0.3 is 0 Å². The predicted octanol–water partition coefficient (Wildman–Crippen LogP) is 3.19. The van der Waals surface area contributed by atoms with E-state index in [4.69, 9.17) is 5.73 Å². The highest BCUT2D eigenvalue weighted by atomic mass is 32.2. The van der Waals surface area contributed by atoms with E-state index in [1.54, 1.807) is 36.4 Å². The van der Waals surface area contributed by atoms with E-state index in [1.165, 1.54) is 0 Å². The van der Waals surface area contributed by atoms with Crippen LogP contribution in [0.1, 0.15) is 0 Å². The Morgan fingerprint density at radius 1 is 0.957 bits per heavy atom. The first-order chi connectivity index (χ1) is 10.8. The number of aromatic hydroxyl groups is 1. The SMILES string of the molecule is CS(=O)(=O)Nc1ccccc1.Nc1ccc2cccc(O)c2c1. The Morgan fingerprint density at radius 2 is 1.65 bits per heavy atom. The number of rotatable bonds is 2. The van der Waals surface area contributed by atoms with Gasteiger partial charge in [-0.05, 0) is 35.7 Å². The highest BCUT2D eigenvalue weighted by Gasteiger charge is 1.99. The summed E-state index contributed by atoms with van der Waals surface area (Å²) in [5, 5.41) is 11.2. The monoisotopic (exact) mass is 330 g/mol. The van der Waals surface area contributed by atoms with Crippen molar-refractivity contribution in [2.45, 2.75) is 0 Å². The van der Waals surface area contributed by atoms with Crippen LogP contribution in [0.5, 0.6) is 5.75 Å². The molecule has 120 valence electrons. The number of nitrogen functional groups attached to an aromatic ring is 1. The quantitative estimate of drug-likeness (QED) is 0.629. The van der Waals surface area contributed by atoms with Gasteiger partial charge in [-0.1, -0.05) is 36.4 Å². The number of hydrogen-bond donors (Lipinski definition) is 3. The molecule has 0 saturated heterocycles. The van der Waals surface area contributed by atoms with Crippen molar-refractivity contribution in [3.63, 3.8) is 0 Å². The maximum atomic E-state index is 10.7. The van der Waals surface area contributed by atoms with Crippen molar-refractivity contribution in [3.05, 3.63) is 66.7 Å². The summed E-state index contributed by atoms with van der Waals surface area (Å²) in [6.07, 6.45) is 1.12. The second-order valence-corrected chi connectivity index (χ2v) is 6.75. The Kier molecular flexibility index (Phi) is 5.08. The molecular formula is C17H18N2O3S. The van der Waals surface area contributed by atoms with Crippen molar-refractivity contribution in [1.29, 1.82) is 0 Å². The van der Waals surface area contributed by atoms with Crippen LogP contribution in [-0.4, -0.2) is 19.8 Å². The van der Waals surface area contributed by atoms with E-state index in [1.807, 2.05) is 30.3 Å². The number of para-hydroxylation sites is 1. The number of nitrogens with one attached hydrogen (secondary N) is 1. The molecule has 0 aromatic heterocycles. The van der Waals surface area contributed by atoms with Crippen LogP contribution in [0.25, 0.3) is 10.8 Å². The van der Waals surface area contributed by atoms with Gasteiger partial charge in [0.25, 0.3) is 0 Å². The molecule has 0 fully saturated rings. The second kappa shape index (κ2) is 7.02. The third-order valence-electron chi connectivity index (χ3n) is 2.96. The molecule has 23 heavy (non-hydrogen) atoms. The van der Waals surface area contributed by atoms with E-state index in [-0.39, 0.29) is 5.75 Å². The van der Waals surface area contributed by atoms with E-state index in [2.05, 4.69) is 4.72 Å². The lowest BCUT2D eigenvalue weighted by molar-refractivity contribution is 0.481. The van der Waals surface area contributed by atoms with Crippen LogP contribution >= 0.6 is 0 Å². The van der Waals surface area contributed by atoms with Crippen LogP contribution in [0.2, 0.25) is 0 Å². The zero-order chi connectivity index (χ0) is 16.9. The Bertz CT molecular complexity index is 894. The van der Waals surface area contributed by atoms with Crippen molar-refractivity contribution in [1.82, 2.24) is 0 Å². The average Bonchev–Trinajstić information content (AvgIpc) is 2.48. The molecule has 0 unspecified atom stereocenters. The van der Waals surface area contributed by atoms with E-state index in [0.29, 0.717) is 11.4 Å². The smallest absolute Gasteiger partial charge is 0.229 e. The molecule has 0 bridgehead atoms. The number of sulfonamides is 1. The molecule has 4 N–H and O–H groups in total. The highest BCUT2D eigenvalue weighted by molar-refractivity contribution is 7.92. The van der Waals surface area contributed by atoms with Crippen LogP contribution in [0, 0.1) is 0 Å². The maximum Gasteiger partial charge on any atom is 0.229 e. The Labute approximate surface area is 135 Å². The number of phenolic OH excluding ortho intramolecular Hbond substituents is 1. The van der Waals surface area contributed by atoms with Crippen LogP contribution in [0.4, 0.5) is 11.4 Å². The van der Waals surface area contributed by atoms with E-state index < -0.39 is 10.0 Å². The molecule has 0 aliphatic carbocycles. The number of anilines is 2. The van der Waals surface area contributed by atoms with Gasteiger partial charge in [-0.3, -0.25) is 4.72 Å². The molecule has 3 aromatic rings. The number of phenols is 1. The molecule has 0 aliphatic heterocycles. The largest absolute Gasteiger partial charge is 0.507 e. The minimum Gasteiger partial charge on any atom is -0.507 e. The molecule has 0 radical (unpaired) electrons. The van der Waals surface area contributed by atoms with Gasteiger partial charge in [0.1, 0.15) is 5.75 Å². The van der Waals surface area contributed by atoms with Gasteiger partial charge in [-0.2, -0.15) is 0 Å². The summed E-state index contributed by atoms with van der Waals surface area (Å²) in [6, 6.07) is 19.7.